The van der Waals surface area contributed by atoms with Crippen LogP contribution in [0.2, 0.25) is 0 Å². The van der Waals surface area contributed by atoms with Crippen molar-refractivity contribution in [2.45, 2.75) is 26.4 Å². The highest BCUT2D eigenvalue weighted by molar-refractivity contribution is 5.66. The molecule has 0 amide bonds. The molecule has 0 heterocycles. The fraction of sp³-hybridized carbons (Fsp3) is 0.300. The molecule has 0 aromatic heterocycles. The Bertz CT molecular complexity index is 545. The zero-order chi connectivity index (χ0) is 17.8. The number of rotatable bonds is 9. The third kappa shape index (κ3) is 8.14. The van der Waals surface area contributed by atoms with Crippen LogP contribution in [0.5, 0.6) is 0 Å². The third-order valence-electron chi connectivity index (χ3n) is 3.44. The number of unbranched alkanes of at least 4 members (excludes halogenated alkanes) is 2. The minimum absolute atomic E-state index is 0.605. The van der Waals surface area contributed by atoms with Crippen molar-refractivity contribution in [1.29, 1.82) is 0 Å². The summed E-state index contributed by atoms with van der Waals surface area (Å²) in [4.78, 5) is 0. The van der Waals surface area contributed by atoms with Gasteiger partial charge in [0.1, 0.15) is 13.1 Å². The van der Waals surface area contributed by atoms with Crippen LogP contribution in [0.3, 0.4) is 0 Å². The predicted molar refractivity (Wildman–Crippen MR) is 93.7 cm³/mol. The Balaban J connectivity index is 2.24. The summed E-state index contributed by atoms with van der Waals surface area (Å²) in [6.07, 6.45) is 11.9. The van der Waals surface area contributed by atoms with Crippen LogP contribution in [0.15, 0.2) is 48.6 Å². The van der Waals surface area contributed by atoms with E-state index in [0.717, 1.165) is 30.8 Å². The molecule has 0 N–H and O–H groups in total. The minimum atomic E-state index is -4.27. The lowest BCUT2D eigenvalue weighted by atomic mass is 10.1. The molecule has 0 fully saturated rings. The lowest BCUT2D eigenvalue weighted by molar-refractivity contribution is -0.515. The minimum Gasteiger partial charge on any atom is -0.237 e. The third-order valence-corrected chi connectivity index (χ3v) is 3.44. The summed E-state index contributed by atoms with van der Waals surface area (Å²) in [5, 5.41) is 0. The van der Waals surface area contributed by atoms with Crippen LogP contribution in [0.1, 0.15) is 25.0 Å². The molecule has 0 bridgehead atoms. The van der Waals surface area contributed by atoms with Gasteiger partial charge in [0.05, 0.1) is 5.56 Å². The molecule has 0 aliphatic carbocycles. The van der Waals surface area contributed by atoms with Gasteiger partial charge in [-0.1, -0.05) is 30.4 Å². The van der Waals surface area contributed by atoms with Crippen LogP contribution in [0.25, 0.3) is 0 Å². The fourth-order valence-corrected chi connectivity index (χ4v) is 1.97. The predicted octanol–water partition coefficient (Wildman–Crippen LogP) is 5.10. The highest BCUT2D eigenvalue weighted by Gasteiger charge is 2.29. The van der Waals surface area contributed by atoms with Crippen LogP contribution in [-0.4, -0.2) is 23.9 Å². The second-order valence-corrected chi connectivity index (χ2v) is 5.16. The summed E-state index contributed by atoms with van der Waals surface area (Å²) >= 11 is 0. The van der Waals surface area contributed by atoms with E-state index in [9.17, 15) is 13.2 Å². The summed E-state index contributed by atoms with van der Waals surface area (Å²) in [5.74, 6) is 0. The molecule has 24 heavy (non-hydrogen) atoms. The Labute approximate surface area is 143 Å². The van der Waals surface area contributed by atoms with Crippen molar-refractivity contribution in [3.8, 4) is 0 Å². The number of alkyl halides is 3. The standard InChI is InChI=1S/C20H24F3N/c1-3-24(4-2)17-11-9-7-5-6-8-10-12-18-13-15-19(16-14-18)20(21,22)23/h5-11,13-17H,3-4,12H2,1-2H3/q+1/b10-8-,11-9+. The van der Waals surface area contributed by atoms with Gasteiger partial charge >= 0.3 is 6.18 Å². The van der Waals surface area contributed by atoms with E-state index >= 15 is 0 Å². The summed E-state index contributed by atoms with van der Waals surface area (Å²) < 4.78 is 39.5. The lowest BCUT2D eigenvalue weighted by Crippen LogP contribution is -2.10. The topological polar surface area (TPSA) is 3.01 Å². The fourth-order valence-electron chi connectivity index (χ4n) is 1.97. The maximum Gasteiger partial charge on any atom is 0.416 e. The van der Waals surface area contributed by atoms with Gasteiger partial charge in [-0.2, -0.15) is 13.2 Å². The van der Waals surface area contributed by atoms with Gasteiger partial charge in [0.15, 0.2) is 6.21 Å². The summed E-state index contributed by atoms with van der Waals surface area (Å²) in [7, 11) is 0. The van der Waals surface area contributed by atoms with Crippen LogP contribution in [-0.2, 0) is 12.6 Å². The van der Waals surface area contributed by atoms with Gasteiger partial charge in [0.2, 0.25) is 0 Å². The van der Waals surface area contributed by atoms with Gasteiger partial charge in [-0.05, 0) is 63.3 Å². The molecule has 4 heteroatoms. The number of hydrogen-bond acceptors (Lipinski definition) is 0. The molecule has 0 aliphatic heterocycles. The molecule has 0 atom stereocenters. The first-order chi connectivity index (χ1) is 11.5. The van der Waals surface area contributed by atoms with E-state index in [0.29, 0.717) is 6.42 Å². The normalized spacial score (nSPS) is 12.2. The van der Waals surface area contributed by atoms with Crippen molar-refractivity contribution in [1.82, 2.24) is 0 Å². The molecule has 0 unspecified atom stereocenters. The quantitative estimate of drug-likeness (QED) is 0.336. The number of allylic oxidation sites excluding steroid dienone is 4. The van der Waals surface area contributed by atoms with Crippen molar-refractivity contribution in [2.24, 2.45) is 0 Å². The zero-order valence-corrected chi connectivity index (χ0v) is 14.1. The van der Waals surface area contributed by atoms with E-state index in [-0.39, 0.29) is 0 Å². The lowest BCUT2D eigenvalue weighted by Gasteiger charge is -2.06. The van der Waals surface area contributed by atoms with Crippen molar-refractivity contribution in [3.05, 3.63) is 79.0 Å². The van der Waals surface area contributed by atoms with Gasteiger partial charge in [-0.3, -0.25) is 0 Å². The maximum absolute atomic E-state index is 12.4. The molecule has 1 aromatic rings. The first kappa shape index (κ1) is 20.2. The van der Waals surface area contributed by atoms with Crippen molar-refractivity contribution < 1.29 is 17.7 Å². The molecule has 129 valence electrons. The van der Waals surface area contributed by atoms with E-state index in [1.54, 1.807) is 0 Å². The average Bonchev–Trinajstić information content (AvgIpc) is 2.56. The molecule has 1 aromatic carbocycles. The second-order valence-electron chi connectivity index (χ2n) is 5.16. The van der Waals surface area contributed by atoms with Gasteiger partial charge in [0, 0.05) is 0 Å². The molecule has 0 saturated carbocycles. The largest absolute Gasteiger partial charge is 0.416 e. The molecule has 1 nitrogen and oxygen atoms in total. The van der Waals surface area contributed by atoms with Crippen molar-refractivity contribution in [3.63, 3.8) is 0 Å². The Kier molecular flexibility index (Phi) is 9.13. The molecule has 0 aliphatic rings. The second kappa shape index (κ2) is 10.8. The number of halogens is 3. The van der Waals surface area contributed by atoms with E-state index in [4.69, 9.17) is 0 Å². The molecule has 0 saturated heterocycles. The average molecular weight is 335 g/mol. The summed E-state index contributed by atoms with van der Waals surface area (Å²) in [6, 6.07) is 5.25. The summed E-state index contributed by atoms with van der Waals surface area (Å²) in [6.45, 7) is 6.20. The van der Waals surface area contributed by atoms with Crippen LogP contribution in [0.4, 0.5) is 13.2 Å². The monoisotopic (exact) mass is 335 g/mol. The van der Waals surface area contributed by atoms with Crippen LogP contribution < -0.4 is 0 Å². The van der Waals surface area contributed by atoms with Gasteiger partial charge in [-0.15, -0.1) is 0 Å². The first-order valence-electron chi connectivity index (χ1n) is 8.04. The molecular formula is C20H24F3N+. The number of nitrogens with zero attached hydrogens (tertiary/aromatic N) is 1. The van der Waals surface area contributed by atoms with E-state index in [1.807, 2.05) is 49.8 Å². The van der Waals surface area contributed by atoms with E-state index < -0.39 is 11.7 Å². The zero-order valence-electron chi connectivity index (χ0n) is 14.1. The maximum atomic E-state index is 12.4. The Hall–Kier alpha value is -1.84. The van der Waals surface area contributed by atoms with Crippen LogP contribution in [0, 0.1) is 19.3 Å². The SMILES string of the molecule is CC[N+](=C/C=C/[CH][CH][CH]/C=C\Cc1ccc(C(F)(F)F)cc1)CC. The van der Waals surface area contributed by atoms with Crippen molar-refractivity contribution in [2.75, 3.05) is 13.1 Å². The van der Waals surface area contributed by atoms with Gasteiger partial charge in [-0.25, -0.2) is 4.58 Å². The molecular weight excluding hydrogens is 311 g/mol. The Morgan fingerprint density at radius 3 is 2.08 bits per heavy atom. The van der Waals surface area contributed by atoms with E-state index in [1.165, 1.54) is 12.1 Å². The number of hydrogen-bond donors (Lipinski definition) is 0. The molecule has 0 spiro atoms. The van der Waals surface area contributed by atoms with Crippen LogP contribution >= 0.6 is 0 Å². The highest BCUT2D eigenvalue weighted by Crippen LogP contribution is 2.29. The smallest absolute Gasteiger partial charge is 0.237 e. The van der Waals surface area contributed by atoms with Gasteiger partial charge < -0.3 is 0 Å². The van der Waals surface area contributed by atoms with Gasteiger partial charge in [0.25, 0.3) is 0 Å². The van der Waals surface area contributed by atoms with Crippen molar-refractivity contribution >= 4 is 6.21 Å². The number of benzene rings is 1. The Morgan fingerprint density at radius 1 is 0.875 bits per heavy atom. The summed E-state index contributed by atoms with van der Waals surface area (Å²) in [5.41, 5.74) is 0.239. The first-order valence-corrected chi connectivity index (χ1v) is 8.04. The highest BCUT2D eigenvalue weighted by atomic mass is 19.4. The molecule has 1 rings (SSSR count). The Morgan fingerprint density at radius 2 is 1.50 bits per heavy atom. The van der Waals surface area contributed by atoms with E-state index in [2.05, 4.69) is 18.4 Å². The molecule has 3 radical (unpaired) electrons.